The van der Waals surface area contributed by atoms with Gasteiger partial charge in [-0.2, -0.15) is 15.5 Å². The number of aromatic nitrogens is 5. The third-order valence-corrected chi connectivity index (χ3v) is 6.13. The van der Waals surface area contributed by atoms with Gasteiger partial charge in [-0.15, -0.1) is 0 Å². The average Bonchev–Trinajstić information content (AvgIpc) is 3.53. The first-order chi connectivity index (χ1) is 17.8. The average molecular weight is 502 g/mol. The number of fused-ring (bicyclic) bond motifs is 1. The fourth-order valence-corrected chi connectivity index (χ4v) is 4.11. The van der Waals surface area contributed by atoms with E-state index in [1.165, 1.54) is 0 Å². The maximum Gasteiger partial charge on any atom is 0.248 e. The van der Waals surface area contributed by atoms with E-state index in [4.69, 9.17) is 9.72 Å². The number of aryl methyl sites for hydroxylation is 1. The Morgan fingerprint density at radius 2 is 1.92 bits per heavy atom. The van der Waals surface area contributed by atoms with E-state index in [1.54, 1.807) is 27.8 Å². The van der Waals surface area contributed by atoms with Gasteiger partial charge in [0.05, 0.1) is 41.6 Å². The van der Waals surface area contributed by atoms with Crippen LogP contribution in [-0.2, 0) is 16.6 Å². The molecule has 1 saturated heterocycles. The summed E-state index contributed by atoms with van der Waals surface area (Å²) in [6.45, 7) is 12.1. The summed E-state index contributed by atoms with van der Waals surface area (Å²) in [6, 6.07) is 2.20. The predicted octanol–water partition coefficient (Wildman–Crippen LogP) is 2.52. The zero-order chi connectivity index (χ0) is 26.5. The van der Waals surface area contributed by atoms with Gasteiger partial charge in [0.1, 0.15) is 24.0 Å². The highest BCUT2D eigenvalue weighted by atomic mass is 16.5. The first kappa shape index (κ1) is 25.8. The number of amides is 1. The fourth-order valence-electron chi connectivity index (χ4n) is 4.11. The Labute approximate surface area is 216 Å². The summed E-state index contributed by atoms with van der Waals surface area (Å²) in [5.41, 5.74) is 4.12. The molecule has 1 aliphatic heterocycles. The summed E-state index contributed by atoms with van der Waals surface area (Å²) in [6.07, 6.45) is 10.8. The summed E-state index contributed by atoms with van der Waals surface area (Å²) < 4.78 is 8.84. The van der Waals surface area contributed by atoms with Crippen LogP contribution in [0.5, 0.6) is 0 Å². The number of piperazine rings is 1. The molecule has 1 fully saturated rings. The molecule has 3 aromatic rings. The van der Waals surface area contributed by atoms with E-state index >= 15 is 0 Å². The Bertz CT molecular complexity index is 1400. The molecule has 0 saturated carbocycles. The molecule has 0 N–H and O–H groups in total. The molecule has 0 atom stereocenters. The second-order valence-corrected chi connectivity index (χ2v) is 9.10. The summed E-state index contributed by atoms with van der Waals surface area (Å²) in [4.78, 5) is 25.4. The molecule has 4 heterocycles. The van der Waals surface area contributed by atoms with E-state index in [0.29, 0.717) is 54.5 Å². The maximum absolute atomic E-state index is 12.4. The fraction of sp³-hybridized carbons (Fsp3) is 0.385. The lowest BCUT2D eigenvalue weighted by molar-refractivity contribution is -0.139. The molecule has 0 aromatic carbocycles. The van der Waals surface area contributed by atoms with Crippen LogP contribution in [0.3, 0.4) is 0 Å². The minimum absolute atomic E-state index is 0.00104. The Morgan fingerprint density at radius 3 is 2.54 bits per heavy atom. The molecular weight excluding hydrogens is 470 g/mol. The van der Waals surface area contributed by atoms with Crippen LogP contribution in [0.1, 0.15) is 32.0 Å². The van der Waals surface area contributed by atoms with Crippen molar-refractivity contribution >= 4 is 23.7 Å². The van der Waals surface area contributed by atoms with Crippen molar-refractivity contribution in [2.45, 2.75) is 26.9 Å². The van der Waals surface area contributed by atoms with Crippen molar-refractivity contribution in [1.82, 2.24) is 34.2 Å². The molecular formula is C26H31N9O2. The van der Waals surface area contributed by atoms with E-state index in [1.807, 2.05) is 51.1 Å². The SMILES string of the molecule is C=N/C(=C\C=C(/C)c1nc(-c2cnn(C)c2)cn2ncc(C#N)c12)N1CCN(C(=O)COC(C)C)CC1. The van der Waals surface area contributed by atoms with Crippen LogP contribution in [-0.4, -0.2) is 85.7 Å². The molecule has 11 heteroatoms. The molecule has 1 aliphatic rings. The molecule has 4 rings (SSSR count). The van der Waals surface area contributed by atoms with Crippen LogP contribution in [0.2, 0.25) is 0 Å². The second kappa shape index (κ2) is 11.2. The summed E-state index contributed by atoms with van der Waals surface area (Å²) in [5.74, 6) is 0.706. The van der Waals surface area contributed by atoms with Crippen molar-refractivity contribution in [2.24, 2.45) is 12.0 Å². The molecule has 0 spiro atoms. The van der Waals surface area contributed by atoms with Crippen molar-refractivity contribution in [3.05, 3.63) is 54.0 Å². The summed E-state index contributed by atoms with van der Waals surface area (Å²) in [5, 5.41) is 18.2. The van der Waals surface area contributed by atoms with Gasteiger partial charge in [0, 0.05) is 45.0 Å². The Balaban J connectivity index is 1.57. The quantitative estimate of drug-likeness (QED) is 0.344. The zero-order valence-electron chi connectivity index (χ0n) is 21.6. The molecule has 37 heavy (non-hydrogen) atoms. The smallest absolute Gasteiger partial charge is 0.248 e. The molecule has 1 amide bonds. The van der Waals surface area contributed by atoms with Gasteiger partial charge in [-0.05, 0) is 39.1 Å². The normalized spacial score (nSPS) is 14.9. The topological polar surface area (TPSA) is 117 Å². The minimum Gasteiger partial charge on any atom is -0.369 e. The lowest BCUT2D eigenvalue weighted by atomic mass is 10.1. The van der Waals surface area contributed by atoms with E-state index in [9.17, 15) is 10.1 Å². The van der Waals surface area contributed by atoms with Crippen molar-refractivity contribution in [3.8, 4) is 17.3 Å². The number of nitrogens with zero attached hydrogens (tertiary/aromatic N) is 9. The molecule has 11 nitrogen and oxygen atoms in total. The van der Waals surface area contributed by atoms with Crippen molar-refractivity contribution in [2.75, 3.05) is 32.8 Å². The van der Waals surface area contributed by atoms with Crippen molar-refractivity contribution < 1.29 is 9.53 Å². The second-order valence-electron chi connectivity index (χ2n) is 9.10. The van der Waals surface area contributed by atoms with E-state index in [2.05, 4.69) is 32.9 Å². The zero-order valence-corrected chi connectivity index (χ0v) is 21.6. The first-order valence-electron chi connectivity index (χ1n) is 12.1. The van der Waals surface area contributed by atoms with Gasteiger partial charge in [-0.25, -0.2) is 14.5 Å². The van der Waals surface area contributed by atoms with Gasteiger partial charge in [0.25, 0.3) is 0 Å². The minimum atomic E-state index is -0.00104. The maximum atomic E-state index is 12.4. The number of carbonyl (C=O) groups is 1. The highest BCUT2D eigenvalue weighted by Gasteiger charge is 2.22. The predicted molar refractivity (Wildman–Crippen MR) is 140 cm³/mol. The number of hydrogen-bond donors (Lipinski definition) is 0. The monoisotopic (exact) mass is 501 g/mol. The van der Waals surface area contributed by atoms with Gasteiger partial charge in [-0.1, -0.05) is 6.08 Å². The Hall–Kier alpha value is -4.30. The lowest BCUT2D eigenvalue weighted by Gasteiger charge is -2.36. The van der Waals surface area contributed by atoms with Gasteiger partial charge >= 0.3 is 0 Å². The van der Waals surface area contributed by atoms with Crippen LogP contribution in [0.15, 0.2) is 47.8 Å². The van der Waals surface area contributed by atoms with E-state index < -0.39 is 0 Å². The number of nitriles is 1. The van der Waals surface area contributed by atoms with Gasteiger partial charge < -0.3 is 14.5 Å². The number of aliphatic imine (C=N–C) groups is 1. The number of allylic oxidation sites excluding steroid dienone is 3. The highest BCUT2D eigenvalue weighted by Crippen LogP contribution is 2.26. The summed E-state index contributed by atoms with van der Waals surface area (Å²) in [7, 11) is 1.85. The molecule has 0 radical (unpaired) electrons. The Morgan fingerprint density at radius 1 is 1.19 bits per heavy atom. The summed E-state index contributed by atoms with van der Waals surface area (Å²) >= 11 is 0. The molecule has 192 valence electrons. The van der Waals surface area contributed by atoms with Crippen molar-refractivity contribution in [1.29, 1.82) is 5.26 Å². The van der Waals surface area contributed by atoms with Crippen LogP contribution in [0, 0.1) is 11.3 Å². The number of ether oxygens (including phenoxy) is 1. The standard InChI is InChI=1S/C26H31N9O2/c1-18(2)37-17-24(36)34-10-8-33(9-11-34)23(28-4)7-6-19(3)25-26-20(12-27)13-30-35(26)16-22(31-25)21-14-29-32(5)15-21/h6-7,13-16,18H,4,8-11,17H2,1-3,5H3/b19-6+,23-7+. The van der Waals surface area contributed by atoms with Gasteiger partial charge in [0.2, 0.25) is 5.91 Å². The molecule has 3 aromatic heterocycles. The third-order valence-electron chi connectivity index (χ3n) is 6.13. The van der Waals surface area contributed by atoms with Gasteiger partial charge in [-0.3, -0.25) is 9.48 Å². The van der Waals surface area contributed by atoms with E-state index in [-0.39, 0.29) is 18.6 Å². The van der Waals surface area contributed by atoms with Crippen molar-refractivity contribution in [3.63, 3.8) is 0 Å². The Kier molecular flexibility index (Phi) is 7.79. The first-order valence-corrected chi connectivity index (χ1v) is 12.1. The molecule has 0 aliphatic carbocycles. The molecule has 0 bridgehead atoms. The highest BCUT2D eigenvalue weighted by molar-refractivity contribution is 5.81. The number of rotatable bonds is 8. The largest absolute Gasteiger partial charge is 0.369 e. The van der Waals surface area contributed by atoms with Crippen LogP contribution in [0.25, 0.3) is 22.3 Å². The van der Waals surface area contributed by atoms with Crippen LogP contribution < -0.4 is 0 Å². The van der Waals surface area contributed by atoms with Crippen LogP contribution in [0.4, 0.5) is 0 Å². The lowest BCUT2D eigenvalue weighted by Crippen LogP contribution is -2.49. The van der Waals surface area contributed by atoms with E-state index in [0.717, 1.165) is 11.1 Å². The third kappa shape index (κ3) is 5.76. The van der Waals surface area contributed by atoms with Crippen LogP contribution >= 0.6 is 0 Å². The number of carbonyl (C=O) groups excluding carboxylic acids is 1. The molecule has 0 unspecified atom stereocenters. The van der Waals surface area contributed by atoms with Gasteiger partial charge in [0.15, 0.2) is 0 Å². The number of hydrogen-bond acceptors (Lipinski definition) is 8.